The number of carbonyl (C=O) groups excluding carboxylic acids is 2. The highest BCUT2D eigenvalue weighted by Crippen LogP contribution is 2.48. The zero-order chi connectivity index (χ0) is 12.8. The molecular weight excluding hydrogens is 216 g/mol. The van der Waals surface area contributed by atoms with E-state index in [0.717, 1.165) is 19.3 Å². The van der Waals surface area contributed by atoms with Gasteiger partial charge in [0.2, 0.25) is 5.78 Å². The highest BCUT2D eigenvalue weighted by molar-refractivity contribution is 6.21. The minimum absolute atomic E-state index is 0.00306. The van der Waals surface area contributed by atoms with Gasteiger partial charge in [-0.2, -0.15) is 0 Å². The predicted molar refractivity (Wildman–Crippen MR) is 64.5 cm³/mol. The molecule has 0 saturated heterocycles. The Morgan fingerprint density at radius 2 is 2.00 bits per heavy atom. The molecule has 2 rings (SSSR count). The van der Waals surface area contributed by atoms with Gasteiger partial charge in [0, 0.05) is 11.1 Å². The van der Waals surface area contributed by atoms with E-state index in [1.807, 2.05) is 0 Å². The Balaban J connectivity index is 2.45. The molecule has 1 saturated carbocycles. The van der Waals surface area contributed by atoms with Gasteiger partial charge in [-0.05, 0) is 37.2 Å². The van der Waals surface area contributed by atoms with Gasteiger partial charge in [-0.3, -0.25) is 9.59 Å². The van der Waals surface area contributed by atoms with E-state index in [4.69, 9.17) is 0 Å². The third kappa shape index (κ3) is 1.84. The summed E-state index contributed by atoms with van der Waals surface area (Å²) in [6.07, 6.45) is 4.29. The molecule has 17 heavy (non-hydrogen) atoms. The Labute approximate surface area is 101 Å². The van der Waals surface area contributed by atoms with Crippen LogP contribution in [0.1, 0.15) is 40.0 Å². The van der Waals surface area contributed by atoms with Crippen molar-refractivity contribution in [2.45, 2.75) is 40.0 Å². The highest BCUT2D eigenvalue weighted by Gasteiger charge is 2.42. The van der Waals surface area contributed by atoms with Crippen LogP contribution in [-0.2, 0) is 9.59 Å². The first-order valence-electron chi connectivity index (χ1n) is 6.05. The van der Waals surface area contributed by atoms with Crippen LogP contribution in [-0.4, -0.2) is 16.7 Å². The van der Waals surface area contributed by atoms with Crippen LogP contribution < -0.4 is 0 Å². The third-order valence-electron chi connectivity index (χ3n) is 4.05. The molecule has 0 aliphatic heterocycles. The van der Waals surface area contributed by atoms with Crippen LogP contribution in [0.15, 0.2) is 23.0 Å². The molecular formula is C14H18O3. The summed E-state index contributed by atoms with van der Waals surface area (Å²) in [6.45, 7) is 5.74. The molecule has 3 heteroatoms. The lowest BCUT2D eigenvalue weighted by atomic mass is 9.74. The number of rotatable bonds is 1. The molecule has 2 aliphatic carbocycles. The van der Waals surface area contributed by atoms with Crippen molar-refractivity contribution in [2.24, 2.45) is 11.3 Å². The van der Waals surface area contributed by atoms with E-state index in [0.29, 0.717) is 11.1 Å². The second-order valence-electron chi connectivity index (χ2n) is 5.72. The lowest BCUT2D eigenvalue weighted by Gasteiger charge is -2.29. The maximum absolute atomic E-state index is 12.0. The average Bonchev–Trinajstić information content (AvgIpc) is 2.56. The molecule has 0 radical (unpaired) electrons. The molecule has 0 aromatic carbocycles. The molecule has 2 aliphatic rings. The molecule has 0 heterocycles. The van der Waals surface area contributed by atoms with Crippen LogP contribution in [0, 0.1) is 11.3 Å². The molecule has 0 spiro atoms. The first-order valence-corrected chi connectivity index (χ1v) is 6.05. The minimum Gasteiger partial charge on any atom is -0.504 e. The van der Waals surface area contributed by atoms with Gasteiger partial charge in [0.05, 0.1) is 0 Å². The summed E-state index contributed by atoms with van der Waals surface area (Å²) >= 11 is 0. The van der Waals surface area contributed by atoms with E-state index < -0.39 is 5.78 Å². The topological polar surface area (TPSA) is 54.4 Å². The fourth-order valence-electron chi connectivity index (χ4n) is 2.96. The predicted octanol–water partition coefficient (Wildman–Crippen LogP) is 2.72. The zero-order valence-electron chi connectivity index (χ0n) is 10.5. The summed E-state index contributed by atoms with van der Waals surface area (Å²) in [5.74, 6) is -0.917. The summed E-state index contributed by atoms with van der Waals surface area (Å²) in [6, 6.07) is 0. The molecule has 0 aromatic rings. The maximum Gasteiger partial charge on any atom is 0.223 e. The van der Waals surface area contributed by atoms with E-state index in [9.17, 15) is 14.7 Å². The summed E-state index contributed by atoms with van der Waals surface area (Å²) in [7, 11) is 0. The molecule has 0 unspecified atom stereocenters. The van der Waals surface area contributed by atoms with E-state index >= 15 is 0 Å². The van der Waals surface area contributed by atoms with Crippen molar-refractivity contribution in [3.05, 3.63) is 23.0 Å². The van der Waals surface area contributed by atoms with Crippen molar-refractivity contribution in [3.8, 4) is 0 Å². The minimum atomic E-state index is -0.401. The summed E-state index contributed by atoms with van der Waals surface area (Å²) in [5.41, 5.74) is 0.647. The van der Waals surface area contributed by atoms with Crippen LogP contribution in [0.4, 0.5) is 0 Å². The van der Waals surface area contributed by atoms with Gasteiger partial charge in [-0.15, -0.1) is 0 Å². The van der Waals surface area contributed by atoms with E-state index in [1.54, 1.807) is 6.92 Å². The summed E-state index contributed by atoms with van der Waals surface area (Å²) in [4.78, 5) is 23.7. The van der Waals surface area contributed by atoms with Crippen molar-refractivity contribution in [1.82, 2.24) is 0 Å². The number of allylic oxidation sites excluding steroid dienone is 3. The lowest BCUT2D eigenvalue weighted by Crippen LogP contribution is -2.28. The Morgan fingerprint density at radius 1 is 1.35 bits per heavy atom. The fourth-order valence-corrected chi connectivity index (χ4v) is 2.96. The van der Waals surface area contributed by atoms with Crippen LogP contribution in [0.3, 0.4) is 0 Å². The van der Waals surface area contributed by atoms with Gasteiger partial charge in [0.15, 0.2) is 11.5 Å². The van der Waals surface area contributed by atoms with E-state index in [2.05, 4.69) is 13.8 Å². The maximum atomic E-state index is 12.0. The summed E-state index contributed by atoms with van der Waals surface area (Å²) < 4.78 is 0. The van der Waals surface area contributed by atoms with Gasteiger partial charge in [0.25, 0.3) is 0 Å². The molecule has 92 valence electrons. The number of carbonyl (C=O) groups is 2. The van der Waals surface area contributed by atoms with Crippen molar-refractivity contribution < 1.29 is 14.7 Å². The zero-order valence-corrected chi connectivity index (χ0v) is 10.5. The highest BCUT2D eigenvalue weighted by atomic mass is 16.3. The molecule has 1 atom stereocenters. The second kappa shape index (κ2) is 3.83. The second-order valence-corrected chi connectivity index (χ2v) is 5.72. The van der Waals surface area contributed by atoms with Crippen LogP contribution in [0.2, 0.25) is 0 Å². The number of aliphatic hydroxyl groups excluding tert-OH is 1. The van der Waals surface area contributed by atoms with Gasteiger partial charge < -0.3 is 5.11 Å². The van der Waals surface area contributed by atoms with Crippen molar-refractivity contribution >= 4 is 11.6 Å². The number of Topliss-reactive ketones (excluding diaryl/α,β-unsaturated/α-hetero) is 1. The van der Waals surface area contributed by atoms with E-state index in [-0.39, 0.29) is 22.9 Å². The monoisotopic (exact) mass is 234 g/mol. The quantitative estimate of drug-likeness (QED) is 0.710. The number of hydrogen-bond acceptors (Lipinski definition) is 3. The third-order valence-corrected chi connectivity index (χ3v) is 4.05. The SMILES string of the molecule is CC1=CC(=O)C([C@H]2CCCC2(C)C)=C(O)C1=O. The number of ketones is 2. The smallest absolute Gasteiger partial charge is 0.223 e. The molecule has 0 amide bonds. The van der Waals surface area contributed by atoms with Gasteiger partial charge in [0.1, 0.15) is 0 Å². The Hall–Kier alpha value is -1.38. The van der Waals surface area contributed by atoms with Gasteiger partial charge >= 0.3 is 0 Å². The molecule has 1 N–H and O–H groups in total. The van der Waals surface area contributed by atoms with Crippen LogP contribution >= 0.6 is 0 Å². The molecule has 0 bridgehead atoms. The normalized spacial score (nSPS) is 28.6. The number of aliphatic hydroxyl groups is 1. The molecule has 0 aromatic heterocycles. The Kier molecular flexibility index (Phi) is 2.72. The standard InChI is InChI=1S/C14H18O3/c1-8-7-10(15)11(13(17)12(8)16)9-5-4-6-14(9,2)3/h7,9,17H,4-6H2,1-3H3/t9-/m1/s1. The Bertz CT molecular complexity index is 452. The van der Waals surface area contributed by atoms with E-state index in [1.165, 1.54) is 6.08 Å². The van der Waals surface area contributed by atoms with Gasteiger partial charge in [-0.25, -0.2) is 0 Å². The molecule has 3 nitrogen and oxygen atoms in total. The lowest BCUT2D eigenvalue weighted by molar-refractivity contribution is -0.118. The van der Waals surface area contributed by atoms with Gasteiger partial charge in [-0.1, -0.05) is 20.3 Å². The number of hydrogen-bond donors (Lipinski definition) is 1. The fraction of sp³-hybridized carbons (Fsp3) is 0.571. The Morgan fingerprint density at radius 3 is 2.53 bits per heavy atom. The molecule has 1 fully saturated rings. The first-order chi connectivity index (χ1) is 7.84. The van der Waals surface area contributed by atoms with Crippen molar-refractivity contribution in [3.63, 3.8) is 0 Å². The largest absolute Gasteiger partial charge is 0.504 e. The average molecular weight is 234 g/mol. The first kappa shape index (κ1) is 12.1. The van der Waals surface area contributed by atoms with Crippen LogP contribution in [0.5, 0.6) is 0 Å². The van der Waals surface area contributed by atoms with Crippen LogP contribution in [0.25, 0.3) is 0 Å². The summed E-state index contributed by atoms with van der Waals surface area (Å²) in [5, 5.41) is 9.94. The van der Waals surface area contributed by atoms with Crippen molar-refractivity contribution in [2.75, 3.05) is 0 Å². The van der Waals surface area contributed by atoms with Crippen molar-refractivity contribution in [1.29, 1.82) is 0 Å².